The topological polar surface area (TPSA) is 40.5 Å². The van der Waals surface area contributed by atoms with Gasteiger partial charge in [-0.1, -0.05) is 43.7 Å². The number of aliphatic hydroxyl groups excluding tert-OH is 1. The van der Waals surface area contributed by atoms with Crippen LogP contribution in [0.4, 0.5) is 0 Å². The molecule has 0 bridgehead atoms. The number of likely N-dealkylation sites (tertiary alicyclic amines) is 1. The van der Waals surface area contributed by atoms with E-state index < -0.39 is 6.10 Å². The molecule has 1 N–H and O–H groups in total. The van der Waals surface area contributed by atoms with Crippen molar-refractivity contribution in [3.63, 3.8) is 0 Å². The van der Waals surface area contributed by atoms with Gasteiger partial charge in [0.15, 0.2) is 0 Å². The van der Waals surface area contributed by atoms with E-state index in [0.717, 1.165) is 19.3 Å². The SMILES string of the molecule is CCCC(Cc1ccccc1)N1CCC(O)C1=O. The summed E-state index contributed by atoms with van der Waals surface area (Å²) >= 11 is 0. The van der Waals surface area contributed by atoms with Crippen molar-refractivity contribution in [2.24, 2.45) is 0 Å². The molecule has 1 amide bonds. The van der Waals surface area contributed by atoms with E-state index in [2.05, 4.69) is 19.1 Å². The van der Waals surface area contributed by atoms with E-state index in [1.807, 2.05) is 23.1 Å². The molecule has 1 aromatic carbocycles. The second-order valence-electron chi connectivity index (χ2n) is 4.97. The summed E-state index contributed by atoms with van der Waals surface area (Å²) in [5, 5.41) is 9.56. The minimum absolute atomic E-state index is 0.0932. The number of hydrogen-bond donors (Lipinski definition) is 1. The standard InChI is InChI=1S/C15H21NO2/c1-2-6-13(11-12-7-4-3-5-8-12)16-10-9-14(17)15(16)18/h3-5,7-8,13-14,17H,2,6,9-11H2,1H3. The lowest BCUT2D eigenvalue weighted by Gasteiger charge is -2.27. The van der Waals surface area contributed by atoms with Crippen molar-refractivity contribution in [2.75, 3.05) is 6.54 Å². The Balaban J connectivity index is 2.06. The highest BCUT2D eigenvalue weighted by molar-refractivity contribution is 5.83. The molecule has 0 spiro atoms. The van der Waals surface area contributed by atoms with Gasteiger partial charge in [0, 0.05) is 12.6 Å². The summed E-state index contributed by atoms with van der Waals surface area (Å²) < 4.78 is 0. The van der Waals surface area contributed by atoms with Crippen LogP contribution in [0.2, 0.25) is 0 Å². The van der Waals surface area contributed by atoms with Crippen molar-refractivity contribution >= 4 is 5.91 Å². The van der Waals surface area contributed by atoms with Crippen molar-refractivity contribution in [2.45, 2.75) is 44.8 Å². The second-order valence-corrected chi connectivity index (χ2v) is 4.97. The normalized spacial score (nSPS) is 21.3. The van der Waals surface area contributed by atoms with Crippen LogP contribution < -0.4 is 0 Å². The van der Waals surface area contributed by atoms with Gasteiger partial charge in [0.05, 0.1) is 0 Å². The maximum absolute atomic E-state index is 11.9. The lowest BCUT2D eigenvalue weighted by atomic mass is 10.0. The predicted molar refractivity (Wildman–Crippen MR) is 71.2 cm³/mol. The number of carbonyl (C=O) groups excluding carboxylic acids is 1. The summed E-state index contributed by atoms with van der Waals surface area (Å²) in [7, 11) is 0. The van der Waals surface area contributed by atoms with E-state index in [-0.39, 0.29) is 11.9 Å². The Morgan fingerprint density at radius 2 is 2.11 bits per heavy atom. The summed E-state index contributed by atoms with van der Waals surface area (Å²) in [5.41, 5.74) is 1.25. The fourth-order valence-corrected chi connectivity index (χ4v) is 2.64. The zero-order valence-electron chi connectivity index (χ0n) is 10.9. The van der Waals surface area contributed by atoms with E-state index in [0.29, 0.717) is 13.0 Å². The smallest absolute Gasteiger partial charge is 0.251 e. The molecule has 0 saturated carbocycles. The first-order chi connectivity index (χ1) is 8.72. The third kappa shape index (κ3) is 2.91. The van der Waals surface area contributed by atoms with Gasteiger partial charge < -0.3 is 10.0 Å². The Morgan fingerprint density at radius 3 is 2.67 bits per heavy atom. The van der Waals surface area contributed by atoms with Crippen molar-refractivity contribution in [3.8, 4) is 0 Å². The molecular weight excluding hydrogens is 226 g/mol. The van der Waals surface area contributed by atoms with Crippen molar-refractivity contribution in [1.82, 2.24) is 4.90 Å². The van der Waals surface area contributed by atoms with Crippen LogP contribution in [0.1, 0.15) is 31.7 Å². The maximum atomic E-state index is 11.9. The first kappa shape index (κ1) is 13.1. The van der Waals surface area contributed by atoms with E-state index >= 15 is 0 Å². The average molecular weight is 247 g/mol. The van der Waals surface area contributed by atoms with E-state index in [1.165, 1.54) is 5.56 Å². The van der Waals surface area contributed by atoms with Crippen LogP contribution in [0.3, 0.4) is 0 Å². The molecule has 1 aliphatic heterocycles. The van der Waals surface area contributed by atoms with Crippen LogP contribution in [0.5, 0.6) is 0 Å². The monoisotopic (exact) mass is 247 g/mol. The van der Waals surface area contributed by atoms with Gasteiger partial charge in [-0.05, 0) is 24.8 Å². The molecule has 1 heterocycles. The Bertz CT molecular complexity index is 391. The van der Waals surface area contributed by atoms with Gasteiger partial charge in [-0.25, -0.2) is 0 Å². The number of hydrogen-bond acceptors (Lipinski definition) is 2. The van der Waals surface area contributed by atoms with Gasteiger partial charge in [0.2, 0.25) is 0 Å². The Labute approximate surface area is 108 Å². The van der Waals surface area contributed by atoms with Crippen molar-refractivity contribution in [1.29, 1.82) is 0 Å². The predicted octanol–water partition coefficient (Wildman–Crippen LogP) is 1.99. The van der Waals surface area contributed by atoms with E-state index in [4.69, 9.17) is 0 Å². The third-order valence-corrected chi connectivity index (χ3v) is 3.59. The zero-order chi connectivity index (χ0) is 13.0. The van der Waals surface area contributed by atoms with Gasteiger partial charge in [0.25, 0.3) is 5.91 Å². The molecule has 0 radical (unpaired) electrons. The Hall–Kier alpha value is -1.35. The molecule has 3 nitrogen and oxygen atoms in total. The second kappa shape index (κ2) is 6.01. The number of nitrogens with zero attached hydrogens (tertiary/aromatic N) is 1. The van der Waals surface area contributed by atoms with Gasteiger partial charge in [-0.3, -0.25) is 4.79 Å². The van der Waals surface area contributed by atoms with Crippen LogP contribution in [-0.2, 0) is 11.2 Å². The highest BCUT2D eigenvalue weighted by Gasteiger charge is 2.34. The summed E-state index contributed by atoms with van der Waals surface area (Å²) in [6.45, 7) is 2.83. The van der Waals surface area contributed by atoms with Crippen LogP contribution in [0, 0.1) is 0 Å². The summed E-state index contributed by atoms with van der Waals surface area (Å²) in [5.74, 6) is -0.0932. The lowest BCUT2D eigenvalue weighted by molar-refractivity contribution is -0.136. The first-order valence-electron chi connectivity index (χ1n) is 6.75. The zero-order valence-corrected chi connectivity index (χ0v) is 10.9. The number of amides is 1. The highest BCUT2D eigenvalue weighted by atomic mass is 16.3. The maximum Gasteiger partial charge on any atom is 0.251 e. The van der Waals surface area contributed by atoms with Gasteiger partial charge in [-0.2, -0.15) is 0 Å². The molecular formula is C15H21NO2. The minimum Gasteiger partial charge on any atom is -0.383 e. The molecule has 1 aromatic rings. The molecule has 1 fully saturated rings. The van der Waals surface area contributed by atoms with E-state index in [1.54, 1.807) is 0 Å². The summed E-state index contributed by atoms with van der Waals surface area (Å²) in [6, 6.07) is 10.5. The molecule has 0 aliphatic carbocycles. The number of carbonyl (C=O) groups is 1. The molecule has 1 saturated heterocycles. The number of aliphatic hydroxyl groups is 1. The van der Waals surface area contributed by atoms with Crippen molar-refractivity contribution < 1.29 is 9.90 Å². The van der Waals surface area contributed by atoms with Gasteiger partial charge in [-0.15, -0.1) is 0 Å². The largest absolute Gasteiger partial charge is 0.383 e. The molecule has 1 aliphatic rings. The average Bonchev–Trinajstić information content (AvgIpc) is 2.71. The summed E-state index contributed by atoms with van der Waals surface area (Å²) in [6.07, 6.45) is 2.73. The molecule has 2 unspecified atom stereocenters. The minimum atomic E-state index is -0.778. The molecule has 98 valence electrons. The molecule has 2 atom stereocenters. The van der Waals surface area contributed by atoms with Gasteiger partial charge >= 0.3 is 0 Å². The van der Waals surface area contributed by atoms with Crippen LogP contribution in [-0.4, -0.2) is 34.6 Å². The quantitative estimate of drug-likeness (QED) is 0.864. The molecule has 2 rings (SSSR count). The van der Waals surface area contributed by atoms with Crippen LogP contribution in [0.25, 0.3) is 0 Å². The number of benzene rings is 1. The van der Waals surface area contributed by atoms with E-state index in [9.17, 15) is 9.90 Å². The van der Waals surface area contributed by atoms with Gasteiger partial charge in [0.1, 0.15) is 6.10 Å². The Kier molecular flexibility index (Phi) is 4.37. The van der Waals surface area contributed by atoms with Crippen LogP contribution >= 0.6 is 0 Å². The lowest BCUT2D eigenvalue weighted by Crippen LogP contribution is -2.40. The fraction of sp³-hybridized carbons (Fsp3) is 0.533. The van der Waals surface area contributed by atoms with Crippen LogP contribution in [0.15, 0.2) is 30.3 Å². The molecule has 18 heavy (non-hydrogen) atoms. The Morgan fingerprint density at radius 1 is 1.39 bits per heavy atom. The first-order valence-corrected chi connectivity index (χ1v) is 6.75. The number of rotatable bonds is 5. The fourth-order valence-electron chi connectivity index (χ4n) is 2.64. The third-order valence-electron chi connectivity index (χ3n) is 3.59. The highest BCUT2D eigenvalue weighted by Crippen LogP contribution is 2.20. The molecule has 0 aromatic heterocycles. The van der Waals surface area contributed by atoms with Crippen molar-refractivity contribution in [3.05, 3.63) is 35.9 Å². The molecule has 3 heteroatoms. The summed E-state index contributed by atoms with van der Waals surface area (Å²) in [4.78, 5) is 13.7.